The normalized spacial score (nSPS) is 28.2. The Morgan fingerprint density at radius 3 is 2.69 bits per heavy atom. The van der Waals surface area contributed by atoms with Gasteiger partial charge in [0, 0.05) is 6.54 Å². The minimum Gasteiger partial charge on any atom is -0.391 e. The summed E-state index contributed by atoms with van der Waals surface area (Å²) in [5, 5.41) is 3.32. The number of rotatable bonds is 1. The zero-order chi connectivity index (χ0) is 11.0. The summed E-state index contributed by atoms with van der Waals surface area (Å²) < 4.78 is 12.9. The van der Waals surface area contributed by atoms with E-state index in [-0.39, 0.29) is 5.82 Å². The van der Waals surface area contributed by atoms with E-state index in [2.05, 4.69) is 11.5 Å². The van der Waals surface area contributed by atoms with Crippen LogP contribution in [0.5, 0.6) is 0 Å². The smallest absolute Gasteiger partial charge is 0.123 e. The van der Waals surface area contributed by atoms with Gasteiger partial charge in [-0.15, -0.1) is 0 Å². The predicted molar refractivity (Wildman–Crippen MR) is 62.6 cm³/mol. The highest BCUT2D eigenvalue weighted by Crippen LogP contribution is 2.45. The van der Waals surface area contributed by atoms with Crippen molar-refractivity contribution in [3.63, 3.8) is 0 Å². The largest absolute Gasteiger partial charge is 0.391 e. The molecule has 0 aromatic heterocycles. The number of fused-ring (bicyclic) bond motifs is 1. The molecule has 1 nitrogen and oxygen atoms in total. The van der Waals surface area contributed by atoms with Crippen molar-refractivity contribution in [1.82, 2.24) is 5.32 Å². The van der Waals surface area contributed by atoms with Crippen LogP contribution in [0.15, 0.2) is 36.0 Å². The molecule has 0 saturated heterocycles. The molecule has 0 spiro atoms. The average molecular weight is 217 g/mol. The van der Waals surface area contributed by atoms with E-state index < -0.39 is 0 Å². The molecule has 1 aromatic carbocycles. The molecule has 2 atom stereocenters. The van der Waals surface area contributed by atoms with E-state index in [4.69, 9.17) is 0 Å². The SMILES string of the molecule is Fc1ccc(C2CCC3=CNCCC32)cc1. The van der Waals surface area contributed by atoms with Crippen molar-refractivity contribution < 1.29 is 4.39 Å². The van der Waals surface area contributed by atoms with Crippen LogP contribution in [-0.2, 0) is 0 Å². The zero-order valence-electron chi connectivity index (χ0n) is 9.25. The fourth-order valence-electron chi connectivity index (χ4n) is 3.08. The zero-order valence-corrected chi connectivity index (χ0v) is 9.25. The van der Waals surface area contributed by atoms with Crippen LogP contribution in [-0.4, -0.2) is 6.54 Å². The first kappa shape index (κ1) is 9.88. The van der Waals surface area contributed by atoms with Gasteiger partial charge in [-0.3, -0.25) is 0 Å². The quantitative estimate of drug-likeness (QED) is 0.761. The van der Waals surface area contributed by atoms with Crippen molar-refractivity contribution in [2.24, 2.45) is 5.92 Å². The van der Waals surface area contributed by atoms with E-state index in [0.717, 1.165) is 6.54 Å². The summed E-state index contributed by atoms with van der Waals surface area (Å²) in [6, 6.07) is 7.06. The number of benzene rings is 1. The molecule has 1 aliphatic heterocycles. The minimum atomic E-state index is -0.136. The Bertz CT molecular complexity index is 407. The molecular formula is C14H16FN. The molecule has 1 N–H and O–H groups in total. The third-order valence-corrected chi connectivity index (χ3v) is 3.89. The number of hydrogen-bond donors (Lipinski definition) is 1. The molecule has 1 fully saturated rings. The highest BCUT2D eigenvalue weighted by Gasteiger charge is 2.33. The van der Waals surface area contributed by atoms with E-state index in [1.807, 2.05) is 12.1 Å². The Kier molecular flexibility index (Phi) is 2.43. The summed E-state index contributed by atoms with van der Waals surface area (Å²) in [7, 11) is 0. The van der Waals surface area contributed by atoms with Crippen molar-refractivity contribution in [3.8, 4) is 0 Å². The number of allylic oxidation sites excluding steroid dienone is 1. The van der Waals surface area contributed by atoms with Gasteiger partial charge in [0.25, 0.3) is 0 Å². The predicted octanol–water partition coefficient (Wildman–Crippen LogP) is 3.20. The molecular weight excluding hydrogens is 201 g/mol. The van der Waals surface area contributed by atoms with Gasteiger partial charge in [0.1, 0.15) is 5.82 Å². The topological polar surface area (TPSA) is 12.0 Å². The molecule has 16 heavy (non-hydrogen) atoms. The summed E-state index contributed by atoms with van der Waals surface area (Å²) in [5.74, 6) is 1.16. The molecule has 84 valence electrons. The summed E-state index contributed by atoms with van der Waals surface area (Å²) in [5.41, 5.74) is 2.86. The van der Waals surface area contributed by atoms with Crippen molar-refractivity contribution in [3.05, 3.63) is 47.4 Å². The van der Waals surface area contributed by atoms with Gasteiger partial charge in [-0.05, 0) is 55.0 Å². The molecule has 1 aliphatic carbocycles. The van der Waals surface area contributed by atoms with Crippen LogP contribution in [0.25, 0.3) is 0 Å². The molecule has 0 radical (unpaired) electrons. The minimum absolute atomic E-state index is 0.136. The third kappa shape index (κ3) is 1.62. The van der Waals surface area contributed by atoms with Crippen molar-refractivity contribution in [2.45, 2.75) is 25.2 Å². The van der Waals surface area contributed by atoms with Crippen LogP contribution >= 0.6 is 0 Å². The number of nitrogens with one attached hydrogen (secondary N) is 1. The lowest BCUT2D eigenvalue weighted by atomic mass is 9.84. The molecule has 2 unspecified atom stereocenters. The van der Waals surface area contributed by atoms with Crippen LogP contribution < -0.4 is 5.32 Å². The second-order valence-electron chi connectivity index (χ2n) is 4.77. The Morgan fingerprint density at radius 2 is 1.88 bits per heavy atom. The maximum absolute atomic E-state index is 12.9. The van der Waals surface area contributed by atoms with Crippen LogP contribution in [0.2, 0.25) is 0 Å². The van der Waals surface area contributed by atoms with Gasteiger partial charge in [-0.25, -0.2) is 4.39 Å². The molecule has 2 aliphatic rings. The van der Waals surface area contributed by atoms with Crippen LogP contribution in [0.1, 0.15) is 30.7 Å². The monoisotopic (exact) mass is 217 g/mol. The lowest BCUT2D eigenvalue weighted by Gasteiger charge is -2.24. The van der Waals surface area contributed by atoms with Crippen LogP contribution in [0, 0.1) is 11.7 Å². The molecule has 3 rings (SSSR count). The summed E-state index contributed by atoms with van der Waals surface area (Å²) in [4.78, 5) is 0. The first-order chi connectivity index (χ1) is 7.84. The van der Waals surface area contributed by atoms with E-state index in [1.165, 1.54) is 24.8 Å². The first-order valence-corrected chi connectivity index (χ1v) is 6.02. The fraction of sp³-hybridized carbons (Fsp3) is 0.429. The molecule has 2 heteroatoms. The third-order valence-electron chi connectivity index (χ3n) is 3.89. The molecule has 1 aromatic rings. The first-order valence-electron chi connectivity index (χ1n) is 6.02. The van der Waals surface area contributed by atoms with Crippen molar-refractivity contribution >= 4 is 0 Å². The highest BCUT2D eigenvalue weighted by molar-refractivity contribution is 5.29. The van der Waals surface area contributed by atoms with Gasteiger partial charge in [-0.1, -0.05) is 17.7 Å². The van der Waals surface area contributed by atoms with Crippen molar-refractivity contribution in [2.75, 3.05) is 6.54 Å². The molecule has 1 heterocycles. The maximum atomic E-state index is 12.9. The van der Waals surface area contributed by atoms with Crippen LogP contribution in [0.4, 0.5) is 4.39 Å². The van der Waals surface area contributed by atoms with E-state index in [1.54, 1.807) is 17.7 Å². The van der Waals surface area contributed by atoms with Gasteiger partial charge >= 0.3 is 0 Å². The van der Waals surface area contributed by atoms with Gasteiger partial charge < -0.3 is 5.32 Å². The van der Waals surface area contributed by atoms with Crippen molar-refractivity contribution in [1.29, 1.82) is 0 Å². The second-order valence-corrected chi connectivity index (χ2v) is 4.77. The lowest BCUT2D eigenvalue weighted by Crippen LogP contribution is -2.21. The Labute approximate surface area is 95.4 Å². The van der Waals surface area contributed by atoms with E-state index >= 15 is 0 Å². The fourth-order valence-corrected chi connectivity index (χ4v) is 3.08. The Morgan fingerprint density at radius 1 is 1.06 bits per heavy atom. The number of hydrogen-bond acceptors (Lipinski definition) is 1. The summed E-state index contributed by atoms with van der Waals surface area (Å²) >= 11 is 0. The lowest BCUT2D eigenvalue weighted by molar-refractivity contribution is 0.475. The average Bonchev–Trinajstić information content (AvgIpc) is 2.74. The van der Waals surface area contributed by atoms with E-state index in [9.17, 15) is 4.39 Å². The highest BCUT2D eigenvalue weighted by atomic mass is 19.1. The standard InChI is InChI=1S/C14H16FN/c15-12-4-1-10(2-5-12)13-6-3-11-9-16-8-7-14(11)13/h1-2,4-5,9,13-14,16H,3,6-8H2. The summed E-state index contributed by atoms with van der Waals surface area (Å²) in [6.45, 7) is 1.08. The molecule has 0 bridgehead atoms. The molecule has 0 amide bonds. The van der Waals surface area contributed by atoms with Crippen LogP contribution in [0.3, 0.4) is 0 Å². The summed E-state index contributed by atoms with van der Waals surface area (Å²) in [6.07, 6.45) is 5.81. The Balaban J connectivity index is 1.88. The van der Waals surface area contributed by atoms with Gasteiger partial charge in [0.2, 0.25) is 0 Å². The maximum Gasteiger partial charge on any atom is 0.123 e. The van der Waals surface area contributed by atoms with E-state index in [0.29, 0.717) is 11.8 Å². The second kappa shape index (κ2) is 3.93. The Hall–Kier alpha value is -1.31. The van der Waals surface area contributed by atoms with Gasteiger partial charge in [0.15, 0.2) is 0 Å². The van der Waals surface area contributed by atoms with Gasteiger partial charge in [0.05, 0.1) is 0 Å². The van der Waals surface area contributed by atoms with Gasteiger partial charge in [-0.2, -0.15) is 0 Å². The number of halogens is 1. The molecule has 1 saturated carbocycles.